The van der Waals surface area contributed by atoms with E-state index in [1.54, 1.807) is 6.33 Å². The summed E-state index contributed by atoms with van der Waals surface area (Å²) in [6, 6.07) is 0. The number of fused-ring (bicyclic) bond motifs is 1. The number of rotatable bonds is 11. The molecule has 0 unspecified atom stereocenters. The Balaban J connectivity index is 1.56. The molecular weight excluding hydrogens is 274 g/mol. The van der Waals surface area contributed by atoms with Crippen LogP contribution in [-0.2, 0) is 6.42 Å². The second-order valence-corrected chi connectivity index (χ2v) is 6.06. The normalized spacial score (nSPS) is 11.3. The van der Waals surface area contributed by atoms with Crippen LogP contribution in [-0.4, -0.2) is 19.9 Å². The lowest BCUT2D eigenvalue weighted by molar-refractivity contribution is 0.554. The van der Waals surface area contributed by atoms with Crippen molar-refractivity contribution in [2.45, 2.75) is 77.6 Å². The van der Waals surface area contributed by atoms with Gasteiger partial charge in [-0.15, -0.1) is 0 Å². The molecule has 3 N–H and O–H groups in total. The Kier molecular flexibility index (Phi) is 7.13. The summed E-state index contributed by atoms with van der Waals surface area (Å²) in [5, 5.41) is 0. The molecule has 0 aliphatic rings. The molecule has 2 heterocycles. The van der Waals surface area contributed by atoms with E-state index in [0.29, 0.717) is 11.5 Å². The van der Waals surface area contributed by atoms with Crippen LogP contribution in [0.1, 0.15) is 77.0 Å². The first-order valence-corrected chi connectivity index (χ1v) is 8.76. The number of unbranched alkanes of at least 4 members (excludes halogenated alkanes) is 9. The molecule has 5 nitrogen and oxygen atoms in total. The Labute approximate surface area is 133 Å². The van der Waals surface area contributed by atoms with Crippen molar-refractivity contribution >= 4 is 17.0 Å². The summed E-state index contributed by atoms with van der Waals surface area (Å²) in [4.78, 5) is 15.9. The molecule has 0 saturated heterocycles. The van der Waals surface area contributed by atoms with Gasteiger partial charge in [0.05, 0.1) is 6.33 Å². The number of aromatic nitrogens is 4. The molecule has 5 heteroatoms. The van der Waals surface area contributed by atoms with Gasteiger partial charge in [0, 0.05) is 6.42 Å². The topological polar surface area (TPSA) is 80.5 Å². The molecule has 0 fully saturated rings. The van der Waals surface area contributed by atoms with Crippen molar-refractivity contribution < 1.29 is 0 Å². The van der Waals surface area contributed by atoms with E-state index in [2.05, 4.69) is 26.9 Å². The predicted molar refractivity (Wildman–Crippen MR) is 91.6 cm³/mol. The average Bonchev–Trinajstić information content (AvgIpc) is 2.98. The summed E-state index contributed by atoms with van der Waals surface area (Å²) in [5.41, 5.74) is 7.32. The van der Waals surface area contributed by atoms with Gasteiger partial charge in [0.25, 0.3) is 0 Å². The second kappa shape index (κ2) is 9.38. The van der Waals surface area contributed by atoms with Crippen LogP contribution < -0.4 is 5.73 Å². The average molecular weight is 303 g/mol. The maximum atomic E-state index is 5.90. The Morgan fingerprint density at radius 1 is 0.909 bits per heavy atom. The van der Waals surface area contributed by atoms with Crippen LogP contribution in [0, 0.1) is 0 Å². The molecule has 0 bridgehead atoms. The smallest absolute Gasteiger partial charge is 0.183 e. The largest absolute Gasteiger partial charge is 0.382 e. The van der Waals surface area contributed by atoms with Crippen LogP contribution in [0.4, 0.5) is 5.82 Å². The van der Waals surface area contributed by atoms with E-state index < -0.39 is 0 Å². The Hall–Kier alpha value is -1.65. The Bertz CT molecular complexity index is 549. The molecule has 2 aromatic heterocycles. The quantitative estimate of drug-likeness (QED) is 0.603. The lowest BCUT2D eigenvalue weighted by Gasteiger charge is -2.03. The molecular formula is C17H29N5. The van der Waals surface area contributed by atoms with Gasteiger partial charge >= 0.3 is 0 Å². The number of nitrogen functional groups attached to an aromatic ring is 1. The highest BCUT2D eigenvalue weighted by atomic mass is 15.0. The van der Waals surface area contributed by atoms with E-state index in [1.165, 1.54) is 57.8 Å². The van der Waals surface area contributed by atoms with Crippen LogP contribution in [0.25, 0.3) is 11.2 Å². The van der Waals surface area contributed by atoms with E-state index in [4.69, 9.17) is 5.73 Å². The SMILES string of the molecule is CCCCCCCCCCCCc1nc(N)c2[nH]cnc2n1. The third-order valence-corrected chi connectivity index (χ3v) is 4.11. The van der Waals surface area contributed by atoms with Gasteiger partial charge < -0.3 is 10.7 Å². The van der Waals surface area contributed by atoms with Crippen molar-refractivity contribution in [3.05, 3.63) is 12.2 Å². The van der Waals surface area contributed by atoms with E-state index in [-0.39, 0.29) is 0 Å². The van der Waals surface area contributed by atoms with Gasteiger partial charge in [-0.3, -0.25) is 0 Å². The van der Waals surface area contributed by atoms with Crippen LogP contribution in [0.2, 0.25) is 0 Å². The minimum atomic E-state index is 0.504. The summed E-state index contributed by atoms with van der Waals surface area (Å²) in [6.45, 7) is 2.27. The zero-order valence-electron chi connectivity index (χ0n) is 13.8. The monoisotopic (exact) mass is 303 g/mol. The Morgan fingerprint density at radius 2 is 1.55 bits per heavy atom. The first kappa shape index (κ1) is 16.7. The number of aryl methyl sites for hydroxylation is 1. The summed E-state index contributed by atoms with van der Waals surface area (Å²) in [5.74, 6) is 1.32. The van der Waals surface area contributed by atoms with E-state index in [1.807, 2.05) is 0 Å². The van der Waals surface area contributed by atoms with Gasteiger partial charge in [0.1, 0.15) is 11.3 Å². The molecule has 0 atom stereocenters. The lowest BCUT2D eigenvalue weighted by Crippen LogP contribution is -2.01. The van der Waals surface area contributed by atoms with Gasteiger partial charge in [-0.1, -0.05) is 64.7 Å². The minimum Gasteiger partial charge on any atom is -0.382 e. The van der Waals surface area contributed by atoms with Crippen LogP contribution in [0.3, 0.4) is 0 Å². The van der Waals surface area contributed by atoms with Crippen LogP contribution in [0.15, 0.2) is 6.33 Å². The predicted octanol–water partition coefficient (Wildman–Crippen LogP) is 4.40. The number of hydrogen-bond acceptors (Lipinski definition) is 4. The van der Waals surface area contributed by atoms with Crippen molar-refractivity contribution in [2.24, 2.45) is 0 Å². The molecule has 0 amide bonds. The van der Waals surface area contributed by atoms with Crippen molar-refractivity contribution in [1.82, 2.24) is 19.9 Å². The lowest BCUT2D eigenvalue weighted by atomic mass is 10.1. The summed E-state index contributed by atoms with van der Waals surface area (Å²) in [6.07, 6.45) is 15.9. The fraction of sp³-hybridized carbons (Fsp3) is 0.706. The standard InChI is InChI=1S/C17H29N5/c1-2-3-4-5-6-7-8-9-10-11-12-14-21-16(18)15-17(22-14)20-13-19-15/h13H,2-12H2,1H3,(H3,18,19,20,21,22). The van der Waals surface area contributed by atoms with E-state index in [9.17, 15) is 0 Å². The number of nitrogens with one attached hydrogen (secondary N) is 1. The van der Waals surface area contributed by atoms with Gasteiger partial charge in [-0.25, -0.2) is 15.0 Å². The highest BCUT2D eigenvalue weighted by molar-refractivity contribution is 5.80. The molecule has 0 spiro atoms. The zero-order valence-corrected chi connectivity index (χ0v) is 13.8. The number of anilines is 1. The number of imidazole rings is 1. The molecule has 0 aliphatic heterocycles. The third kappa shape index (κ3) is 5.28. The number of nitrogens with two attached hydrogens (primary N) is 1. The third-order valence-electron chi connectivity index (χ3n) is 4.11. The van der Waals surface area contributed by atoms with Crippen molar-refractivity contribution in [1.29, 1.82) is 0 Å². The molecule has 2 aromatic rings. The summed E-state index contributed by atoms with van der Waals surface area (Å²) < 4.78 is 0. The van der Waals surface area contributed by atoms with E-state index in [0.717, 1.165) is 24.2 Å². The molecule has 0 radical (unpaired) electrons. The first-order valence-electron chi connectivity index (χ1n) is 8.76. The number of aromatic amines is 1. The zero-order chi connectivity index (χ0) is 15.6. The second-order valence-electron chi connectivity index (χ2n) is 6.06. The number of hydrogen-bond donors (Lipinski definition) is 2. The fourth-order valence-electron chi connectivity index (χ4n) is 2.78. The van der Waals surface area contributed by atoms with Crippen molar-refractivity contribution in [3.63, 3.8) is 0 Å². The van der Waals surface area contributed by atoms with Gasteiger partial charge in [-0.05, 0) is 6.42 Å². The number of H-pyrrole nitrogens is 1. The van der Waals surface area contributed by atoms with Gasteiger partial charge in [0.15, 0.2) is 11.5 Å². The highest BCUT2D eigenvalue weighted by Crippen LogP contribution is 2.15. The van der Waals surface area contributed by atoms with Gasteiger partial charge in [-0.2, -0.15) is 0 Å². The molecule has 2 rings (SSSR count). The minimum absolute atomic E-state index is 0.504. The fourth-order valence-corrected chi connectivity index (χ4v) is 2.78. The molecule has 0 saturated carbocycles. The first-order chi connectivity index (χ1) is 10.8. The van der Waals surface area contributed by atoms with Crippen molar-refractivity contribution in [2.75, 3.05) is 5.73 Å². The van der Waals surface area contributed by atoms with Crippen LogP contribution >= 0.6 is 0 Å². The van der Waals surface area contributed by atoms with E-state index >= 15 is 0 Å². The van der Waals surface area contributed by atoms with Crippen LogP contribution in [0.5, 0.6) is 0 Å². The maximum absolute atomic E-state index is 5.90. The summed E-state index contributed by atoms with van der Waals surface area (Å²) in [7, 11) is 0. The maximum Gasteiger partial charge on any atom is 0.183 e. The summed E-state index contributed by atoms with van der Waals surface area (Å²) >= 11 is 0. The highest BCUT2D eigenvalue weighted by Gasteiger charge is 2.06. The van der Waals surface area contributed by atoms with Gasteiger partial charge in [0.2, 0.25) is 0 Å². The van der Waals surface area contributed by atoms with Crippen molar-refractivity contribution in [3.8, 4) is 0 Å². The Morgan fingerprint density at radius 3 is 2.23 bits per heavy atom. The molecule has 122 valence electrons. The molecule has 0 aliphatic carbocycles. The molecule has 0 aromatic carbocycles. The molecule has 22 heavy (non-hydrogen) atoms. The number of nitrogens with zero attached hydrogens (tertiary/aromatic N) is 3.